The van der Waals surface area contributed by atoms with Gasteiger partial charge in [0.1, 0.15) is 0 Å². The number of piperazine rings is 1. The largest absolute Gasteiger partial charge is 0.368 e. The maximum absolute atomic E-state index is 4.63. The highest BCUT2D eigenvalue weighted by Gasteiger charge is 2.19. The normalized spacial score (nSPS) is 14.9. The first-order valence-electron chi connectivity index (χ1n) is 8.99. The molecule has 0 saturated carbocycles. The quantitative estimate of drug-likeness (QED) is 0.401. The van der Waals surface area contributed by atoms with Gasteiger partial charge in [0.25, 0.3) is 0 Å². The number of para-hydroxylation sites is 1. The number of thiazole rings is 1. The minimum absolute atomic E-state index is 0. The van der Waals surface area contributed by atoms with Crippen LogP contribution < -0.4 is 10.2 Å². The summed E-state index contributed by atoms with van der Waals surface area (Å²) in [6.45, 7) is 7.06. The third kappa shape index (κ3) is 5.57. The summed E-state index contributed by atoms with van der Waals surface area (Å²) in [5.74, 6) is 0.999. The summed E-state index contributed by atoms with van der Waals surface area (Å²) in [7, 11) is 1.87. The number of hydrogen-bond acceptors (Lipinski definition) is 4. The smallest absolute Gasteiger partial charge is 0.193 e. The van der Waals surface area contributed by atoms with E-state index in [1.807, 2.05) is 7.05 Å². The number of hydrogen-bond donors (Lipinski definition) is 1. The summed E-state index contributed by atoms with van der Waals surface area (Å²) in [6.07, 6.45) is 1.96. The number of anilines is 1. The molecule has 2 aromatic rings. The minimum Gasteiger partial charge on any atom is -0.368 e. The zero-order valence-corrected chi connectivity index (χ0v) is 18.7. The van der Waals surface area contributed by atoms with Crippen molar-refractivity contribution in [1.82, 2.24) is 15.2 Å². The number of benzene rings is 1. The van der Waals surface area contributed by atoms with Crippen molar-refractivity contribution in [1.29, 1.82) is 0 Å². The highest BCUT2D eigenvalue weighted by Crippen LogP contribution is 2.15. The second-order valence-corrected chi connectivity index (χ2v) is 7.06. The fourth-order valence-electron chi connectivity index (χ4n) is 3.08. The molecule has 2 heterocycles. The van der Waals surface area contributed by atoms with Crippen LogP contribution in [0.25, 0.3) is 0 Å². The molecule has 0 amide bonds. The van der Waals surface area contributed by atoms with Crippen LogP contribution in [0.2, 0.25) is 0 Å². The number of nitrogens with one attached hydrogen (secondary N) is 1. The molecule has 1 aliphatic heterocycles. The Bertz CT molecular complexity index is 680. The van der Waals surface area contributed by atoms with E-state index < -0.39 is 0 Å². The SMILES string of the molecule is CCc1nc(CCNC(=NC)N2CCN(c3ccccc3)CC2)cs1.I. The molecular formula is C19H28IN5S. The van der Waals surface area contributed by atoms with Crippen molar-refractivity contribution in [2.24, 2.45) is 4.99 Å². The van der Waals surface area contributed by atoms with E-state index in [1.165, 1.54) is 16.4 Å². The van der Waals surface area contributed by atoms with Gasteiger partial charge >= 0.3 is 0 Å². The number of aliphatic imine (C=N–C) groups is 1. The van der Waals surface area contributed by atoms with Gasteiger partial charge in [-0.05, 0) is 18.6 Å². The van der Waals surface area contributed by atoms with E-state index in [0.29, 0.717) is 0 Å². The zero-order valence-electron chi connectivity index (χ0n) is 15.5. The van der Waals surface area contributed by atoms with E-state index in [4.69, 9.17) is 0 Å². The maximum Gasteiger partial charge on any atom is 0.193 e. The summed E-state index contributed by atoms with van der Waals surface area (Å²) in [6, 6.07) is 10.6. The first kappa shape index (κ1) is 21.0. The lowest BCUT2D eigenvalue weighted by atomic mass is 10.2. The number of halogens is 1. The molecule has 1 saturated heterocycles. The molecule has 1 aromatic heterocycles. The Balaban J connectivity index is 0.00000243. The summed E-state index contributed by atoms with van der Waals surface area (Å²) in [5, 5.41) is 6.88. The summed E-state index contributed by atoms with van der Waals surface area (Å²) >= 11 is 1.76. The number of nitrogens with zero attached hydrogens (tertiary/aromatic N) is 4. The Kier molecular flexibility index (Phi) is 8.64. The molecule has 0 radical (unpaired) electrons. The van der Waals surface area contributed by atoms with Crippen molar-refractivity contribution in [2.45, 2.75) is 19.8 Å². The monoisotopic (exact) mass is 485 g/mol. The maximum atomic E-state index is 4.63. The van der Waals surface area contributed by atoms with Crippen LogP contribution in [0.4, 0.5) is 5.69 Å². The lowest BCUT2D eigenvalue weighted by Crippen LogP contribution is -2.52. The fraction of sp³-hybridized carbons (Fsp3) is 0.474. The summed E-state index contributed by atoms with van der Waals surface area (Å²) in [4.78, 5) is 13.9. The summed E-state index contributed by atoms with van der Waals surface area (Å²) in [5.41, 5.74) is 2.49. The molecule has 0 unspecified atom stereocenters. The van der Waals surface area contributed by atoms with Gasteiger partial charge in [0.2, 0.25) is 0 Å². The first-order chi connectivity index (χ1) is 12.3. The van der Waals surface area contributed by atoms with Crippen LogP contribution in [0, 0.1) is 0 Å². The zero-order chi connectivity index (χ0) is 17.5. The molecule has 7 heteroatoms. The Hall–Kier alpha value is -1.35. The molecule has 0 spiro atoms. The van der Waals surface area contributed by atoms with Crippen molar-refractivity contribution in [2.75, 3.05) is 44.7 Å². The third-order valence-corrected chi connectivity index (χ3v) is 5.52. The predicted octanol–water partition coefficient (Wildman–Crippen LogP) is 3.26. The van der Waals surface area contributed by atoms with Gasteiger partial charge in [0.15, 0.2) is 5.96 Å². The van der Waals surface area contributed by atoms with E-state index in [0.717, 1.165) is 51.5 Å². The Morgan fingerprint density at radius 2 is 1.92 bits per heavy atom. The predicted molar refractivity (Wildman–Crippen MR) is 122 cm³/mol. The van der Waals surface area contributed by atoms with E-state index in [2.05, 4.69) is 67.7 Å². The molecule has 0 aliphatic carbocycles. The van der Waals surface area contributed by atoms with Crippen LogP contribution in [0.15, 0.2) is 40.7 Å². The average molecular weight is 485 g/mol. The van der Waals surface area contributed by atoms with Crippen LogP contribution in [0.1, 0.15) is 17.6 Å². The number of guanidine groups is 1. The van der Waals surface area contributed by atoms with Crippen LogP contribution in [0.5, 0.6) is 0 Å². The standard InChI is InChI=1S/C19H27N5S.HI/c1-3-18-22-16(15-25-18)9-10-21-19(20-2)24-13-11-23(12-14-24)17-7-5-4-6-8-17;/h4-8,15H,3,9-14H2,1-2H3,(H,20,21);1H. The van der Waals surface area contributed by atoms with Crippen molar-refractivity contribution in [3.8, 4) is 0 Å². The lowest BCUT2D eigenvalue weighted by Gasteiger charge is -2.37. The van der Waals surface area contributed by atoms with E-state index in [-0.39, 0.29) is 24.0 Å². The average Bonchev–Trinajstić information content (AvgIpc) is 3.14. The number of aryl methyl sites for hydroxylation is 1. The highest BCUT2D eigenvalue weighted by molar-refractivity contribution is 14.0. The van der Waals surface area contributed by atoms with Gasteiger partial charge < -0.3 is 15.1 Å². The molecule has 3 rings (SSSR count). The molecule has 142 valence electrons. The van der Waals surface area contributed by atoms with Crippen LogP contribution >= 0.6 is 35.3 Å². The second-order valence-electron chi connectivity index (χ2n) is 6.12. The Morgan fingerprint density at radius 1 is 1.19 bits per heavy atom. The van der Waals surface area contributed by atoms with Crippen molar-refractivity contribution < 1.29 is 0 Å². The van der Waals surface area contributed by atoms with Gasteiger partial charge in [-0.1, -0.05) is 25.1 Å². The highest BCUT2D eigenvalue weighted by atomic mass is 127. The Morgan fingerprint density at radius 3 is 2.54 bits per heavy atom. The van der Waals surface area contributed by atoms with E-state index in [9.17, 15) is 0 Å². The van der Waals surface area contributed by atoms with Gasteiger partial charge in [0, 0.05) is 57.3 Å². The van der Waals surface area contributed by atoms with Crippen LogP contribution in [0.3, 0.4) is 0 Å². The fourth-order valence-corrected chi connectivity index (χ4v) is 3.86. The Labute approximate surface area is 177 Å². The van der Waals surface area contributed by atoms with Crippen LogP contribution in [-0.2, 0) is 12.8 Å². The molecular weight excluding hydrogens is 457 g/mol. The summed E-state index contributed by atoms with van der Waals surface area (Å²) < 4.78 is 0. The molecule has 26 heavy (non-hydrogen) atoms. The molecule has 1 aromatic carbocycles. The van der Waals surface area contributed by atoms with Crippen molar-refractivity contribution >= 4 is 47.0 Å². The minimum atomic E-state index is 0. The van der Waals surface area contributed by atoms with Gasteiger partial charge in [0.05, 0.1) is 10.7 Å². The van der Waals surface area contributed by atoms with Gasteiger partial charge in [-0.2, -0.15) is 0 Å². The number of aromatic nitrogens is 1. The number of rotatable bonds is 5. The van der Waals surface area contributed by atoms with Crippen molar-refractivity contribution in [3.63, 3.8) is 0 Å². The van der Waals surface area contributed by atoms with Crippen LogP contribution in [-0.4, -0.2) is 55.6 Å². The second kappa shape index (κ2) is 10.7. The topological polar surface area (TPSA) is 43.8 Å². The molecule has 5 nitrogen and oxygen atoms in total. The molecule has 0 atom stereocenters. The van der Waals surface area contributed by atoms with Crippen molar-refractivity contribution in [3.05, 3.63) is 46.4 Å². The molecule has 1 N–H and O–H groups in total. The third-order valence-electron chi connectivity index (χ3n) is 4.48. The van der Waals surface area contributed by atoms with E-state index in [1.54, 1.807) is 11.3 Å². The van der Waals surface area contributed by atoms with Gasteiger partial charge in [-0.15, -0.1) is 35.3 Å². The molecule has 0 bridgehead atoms. The lowest BCUT2D eigenvalue weighted by molar-refractivity contribution is 0.373. The van der Waals surface area contributed by atoms with Gasteiger partial charge in [-0.25, -0.2) is 4.98 Å². The van der Waals surface area contributed by atoms with E-state index >= 15 is 0 Å². The van der Waals surface area contributed by atoms with Gasteiger partial charge in [-0.3, -0.25) is 4.99 Å². The molecule has 1 aliphatic rings. The first-order valence-corrected chi connectivity index (χ1v) is 9.87. The molecule has 1 fully saturated rings.